The van der Waals surface area contributed by atoms with E-state index < -0.39 is 6.36 Å². The summed E-state index contributed by atoms with van der Waals surface area (Å²) in [7, 11) is 0. The van der Waals surface area contributed by atoms with Crippen molar-refractivity contribution in [3.63, 3.8) is 0 Å². The molecule has 2 amide bonds. The Bertz CT molecular complexity index is 1190. The molecule has 0 aliphatic carbocycles. The second kappa shape index (κ2) is 13.1. The van der Waals surface area contributed by atoms with E-state index >= 15 is 0 Å². The molecule has 230 valence electrons. The van der Waals surface area contributed by atoms with Crippen molar-refractivity contribution in [2.75, 3.05) is 32.7 Å². The van der Waals surface area contributed by atoms with Gasteiger partial charge in [0, 0.05) is 51.6 Å². The van der Waals surface area contributed by atoms with E-state index in [4.69, 9.17) is 0 Å². The minimum atomic E-state index is -4.75. The van der Waals surface area contributed by atoms with Crippen molar-refractivity contribution >= 4 is 11.8 Å². The van der Waals surface area contributed by atoms with E-state index in [2.05, 4.69) is 42.2 Å². The smallest absolute Gasteiger partial charge is 0.406 e. The third kappa shape index (κ3) is 7.65. The number of benzene rings is 2. The number of carbonyl (C=O) groups is 2. The maximum Gasteiger partial charge on any atom is 0.573 e. The van der Waals surface area contributed by atoms with Gasteiger partial charge in [-0.3, -0.25) is 14.5 Å². The summed E-state index contributed by atoms with van der Waals surface area (Å²) in [6.07, 6.45) is -2.30. The molecule has 0 N–H and O–H groups in total. The number of likely N-dealkylation sites (tertiary alicyclic amines) is 1. The van der Waals surface area contributed by atoms with Crippen molar-refractivity contribution < 1.29 is 27.5 Å². The first-order valence-electron chi connectivity index (χ1n) is 15.0. The Balaban J connectivity index is 1.58. The summed E-state index contributed by atoms with van der Waals surface area (Å²) >= 11 is 0. The van der Waals surface area contributed by atoms with Crippen molar-refractivity contribution in [1.82, 2.24) is 14.7 Å². The van der Waals surface area contributed by atoms with Crippen LogP contribution in [0.1, 0.15) is 71.0 Å². The normalized spacial score (nSPS) is 20.7. The van der Waals surface area contributed by atoms with Crippen molar-refractivity contribution in [2.45, 2.75) is 72.3 Å². The first-order chi connectivity index (χ1) is 19.8. The Morgan fingerprint density at radius 3 is 2.02 bits per heavy atom. The minimum Gasteiger partial charge on any atom is -0.406 e. The zero-order valence-corrected chi connectivity index (χ0v) is 25.4. The van der Waals surface area contributed by atoms with Crippen molar-refractivity contribution in [1.29, 1.82) is 0 Å². The topological polar surface area (TPSA) is 53.1 Å². The van der Waals surface area contributed by atoms with E-state index in [0.717, 1.165) is 30.4 Å². The molecule has 0 spiro atoms. The lowest BCUT2D eigenvalue weighted by molar-refractivity contribution is -0.274. The fourth-order valence-corrected chi connectivity index (χ4v) is 6.68. The highest BCUT2D eigenvalue weighted by Crippen LogP contribution is 2.38. The van der Waals surface area contributed by atoms with Gasteiger partial charge in [0.15, 0.2) is 0 Å². The zero-order valence-electron chi connectivity index (χ0n) is 25.4. The Morgan fingerprint density at radius 1 is 0.905 bits per heavy atom. The monoisotopic (exact) mass is 587 g/mol. The van der Waals surface area contributed by atoms with Gasteiger partial charge in [0.1, 0.15) is 5.75 Å². The predicted octanol–water partition coefficient (Wildman–Crippen LogP) is 6.52. The Labute approximate surface area is 247 Å². The van der Waals surface area contributed by atoms with Crippen molar-refractivity contribution in [3.8, 4) is 5.75 Å². The lowest BCUT2D eigenvalue weighted by atomic mass is 9.79. The van der Waals surface area contributed by atoms with Crippen LogP contribution in [0, 0.1) is 17.3 Å². The van der Waals surface area contributed by atoms with Crippen LogP contribution in [0.15, 0.2) is 54.6 Å². The first kappa shape index (κ1) is 31.9. The van der Waals surface area contributed by atoms with Crippen LogP contribution in [0.2, 0.25) is 0 Å². The lowest BCUT2D eigenvalue weighted by Gasteiger charge is -2.50. The molecule has 6 nitrogen and oxygen atoms in total. The number of ether oxygens (including phenoxy) is 1. The van der Waals surface area contributed by atoms with Crippen LogP contribution in [0.25, 0.3) is 0 Å². The Hall–Kier alpha value is -3.07. The van der Waals surface area contributed by atoms with Gasteiger partial charge in [-0.1, -0.05) is 70.2 Å². The van der Waals surface area contributed by atoms with Crippen LogP contribution in [-0.2, 0) is 9.59 Å². The molecule has 42 heavy (non-hydrogen) atoms. The predicted molar refractivity (Wildman–Crippen MR) is 157 cm³/mol. The number of rotatable bonds is 7. The summed E-state index contributed by atoms with van der Waals surface area (Å²) in [6, 6.07) is 15.8. The van der Waals surface area contributed by atoms with Gasteiger partial charge in [0.25, 0.3) is 0 Å². The average Bonchev–Trinajstić information content (AvgIpc) is 2.94. The van der Waals surface area contributed by atoms with Gasteiger partial charge < -0.3 is 14.5 Å². The molecule has 0 aromatic heterocycles. The van der Waals surface area contributed by atoms with E-state index in [1.807, 2.05) is 35.2 Å². The molecule has 2 aromatic rings. The van der Waals surface area contributed by atoms with Gasteiger partial charge in [0.2, 0.25) is 11.8 Å². The highest BCUT2D eigenvalue weighted by atomic mass is 19.4. The molecule has 4 rings (SSSR count). The summed E-state index contributed by atoms with van der Waals surface area (Å²) in [6.45, 7) is 13.4. The third-order valence-corrected chi connectivity index (χ3v) is 8.92. The molecule has 0 radical (unpaired) electrons. The second-order valence-corrected chi connectivity index (χ2v) is 12.7. The standard InChI is InChI=1S/C33H44F3N3O3/c1-6-28(24-16-18-37(19-17-24)23(2)40)31(41)39-21-20-38(22-29(39)32(3,4)5)30(25-10-8-7-9-11-25)26-12-14-27(15-13-26)42-33(34,35)36/h7-15,24,28-30H,6,16-22H2,1-5H3/t28?,29-,30?/m1/s1. The summed E-state index contributed by atoms with van der Waals surface area (Å²) < 4.78 is 42.5. The van der Waals surface area contributed by atoms with Crippen LogP contribution in [0.5, 0.6) is 5.75 Å². The number of alkyl halides is 3. The molecule has 2 heterocycles. The zero-order chi connectivity index (χ0) is 30.7. The Morgan fingerprint density at radius 2 is 1.50 bits per heavy atom. The van der Waals surface area contributed by atoms with Gasteiger partial charge in [-0.15, -0.1) is 13.2 Å². The summed E-state index contributed by atoms with van der Waals surface area (Å²) in [5.74, 6) is 0.212. The molecule has 2 saturated heterocycles. The van der Waals surface area contributed by atoms with Crippen molar-refractivity contribution in [3.05, 3.63) is 65.7 Å². The molecular weight excluding hydrogens is 543 g/mol. The minimum absolute atomic E-state index is 0.0517. The quantitative estimate of drug-likeness (QED) is 0.370. The Kier molecular flexibility index (Phi) is 9.91. The molecule has 2 unspecified atom stereocenters. The number of hydrogen-bond acceptors (Lipinski definition) is 4. The maximum atomic E-state index is 14.2. The highest BCUT2D eigenvalue weighted by Gasteiger charge is 2.43. The van der Waals surface area contributed by atoms with E-state index in [1.165, 1.54) is 12.1 Å². The van der Waals surface area contributed by atoms with E-state index in [0.29, 0.717) is 32.7 Å². The second-order valence-electron chi connectivity index (χ2n) is 12.7. The fraction of sp³-hybridized carbons (Fsp3) is 0.576. The number of carbonyl (C=O) groups excluding carboxylic acids is 2. The van der Waals surface area contributed by atoms with Gasteiger partial charge in [-0.2, -0.15) is 0 Å². The molecule has 9 heteroatoms. The molecule has 0 bridgehead atoms. The highest BCUT2D eigenvalue weighted by molar-refractivity contribution is 5.80. The molecular formula is C33H44F3N3O3. The van der Waals surface area contributed by atoms with E-state index in [1.54, 1.807) is 19.1 Å². The van der Waals surface area contributed by atoms with Crippen LogP contribution in [0.4, 0.5) is 13.2 Å². The van der Waals surface area contributed by atoms with E-state index in [-0.39, 0.29) is 46.9 Å². The van der Waals surface area contributed by atoms with Gasteiger partial charge in [0.05, 0.1) is 6.04 Å². The lowest BCUT2D eigenvalue weighted by Crippen LogP contribution is -2.61. The molecule has 2 fully saturated rings. The van der Waals surface area contributed by atoms with Gasteiger partial charge in [-0.05, 0) is 53.9 Å². The third-order valence-electron chi connectivity index (χ3n) is 8.92. The number of amides is 2. The van der Waals surface area contributed by atoms with Crippen LogP contribution >= 0.6 is 0 Å². The molecule has 2 aliphatic heterocycles. The molecule has 2 aliphatic rings. The number of piperazine rings is 1. The average molecular weight is 588 g/mol. The fourth-order valence-electron chi connectivity index (χ4n) is 6.68. The van der Waals surface area contributed by atoms with Crippen LogP contribution in [0.3, 0.4) is 0 Å². The maximum absolute atomic E-state index is 14.2. The van der Waals surface area contributed by atoms with E-state index in [9.17, 15) is 22.8 Å². The molecule has 2 aromatic carbocycles. The summed E-state index contributed by atoms with van der Waals surface area (Å²) in [4.78, 5) is 32.3. The van der Waals surface area contributed by atoms with Gasteiger partial charge >= 0.3 is 6.36 Å². The number of nitrogens with zero attached hydrogens (tertiary/aromatic N) is 3. The number of piperidine rings is 1. The van der Waals surface area contributed by atoms with Crippen LogP contribution < -0.4 is 4.74 Å². The number of halogens is 3. The SMILES string of the molecule is CCC(C(=O)N1CCN(C(c2ccccc2)c2ccc(OC(F)(F)F)cc2)C[C@@H]1C(C)(C)C)C1CCN(C(C)=O)CC1. The summed E-state index contributed by atoms with van der Waals surface area (Å²) in [5, 5.41) is 0. The summed E-state index contributed by atoms with van der Waals surface area (Å²) in [5.41, 5.74) is 1.71. The van der Waals surface area contributed by atoms with Gasteiger partial charge in [-0.25, -0.2) is 0 Å². The van der Waals surface area contributed by atoms with Crippen LogP contribution in [-0.4, -0.2) is 71.6 Å². The largest absolute Gasteiger partial charge is 0.573 e. The molecule has 0 saturated carbocycles. The molecule has 3 atom stereocenters. The first-order valence-corrected chi connectivity index (χ1v) is 15.0. The number of hydrogen-bond donors (Lipinski definition) is 0. The van der Waals surface area contributed by atoms with Crippen molar-refractivity contribution in [2.24, 2.45) is 17.3 Å².